The molecule has 0 aliphatic carbocycles. The highest BCUT2D eigenvalue weighted by atomic mass is 32.2. The molecule has 0 aliphatic rings. The predicted molar refractivity (Wildman–Crippen MR) is 79.2 cm³/mol. The number of aliphatic carboxylic acids is 1. The van der Waals surface area contributed by atoms with Gasteiger partial charge in [-0.1, -0.05) is 0 Å². The minimum atomic E-state index is -3.97. The van der Waals surface area contributed by atoms with Gasteiger partial charge in [0.1, 0.15) is 6.54 Å². The molecular formula is C14H19NO6S. The lowest BCUT2D eigenvalue weighted by atomic mass is 10.1. The Kier molecular flexibility index (Phi) is 5.67. The Morgan fingerprint density at radius 3 is 2.32 bits per heavy atom. The van der Waals surface area contributed by atoms with E-state index in [1.165, 1.54) is 25.3 Å². The minimum Gasteiger partial charge on any atom is -0.480 e. The van der Waals surface area contributed by atoms with Gasteiger partial charge < -0.3 is 9.84 Å². The molecule has 0 saturated heterocycles. The van der Waals surface area contributed by atoms with Crippen molar-refractivity contribution in [3.8, 4) is 0 Å². The first-order chi connectivity index (χ1) is 10.1. The van der Waals surface area contributed by atoms with Crippen LogP contribution in [0.2, 0.25) is 0 Å². The first-order valence-electron chi connectivity index (χ1n) is 6.53. The van der Waals surface area contributed by atoms with E-state index in [0.29, 0.717) is 5.56 Å². The van der Waals surface area contributed by atoms with E-state index in [4.69, 9.17) is 5.11 Å². The standard InChI is InChI=1S/C14H19NO6S/c1-9(2)15(8-13(16)17)22(19,20)11-5-6-12(10(3)7-11)14(18)21-4/h5-7,9H,8H2,1-4H3,(H,16,17). The highest BCUT2D eigenvalue weighted by Gasteiger charge is 2.29. The first-order valence-corrected chi connectivity index (χ1v) is 7.98. The summed E-state index contributed by atoms with van der Waals surface area (Å²) in [6.07, 6.45) is 0. The van der Waals surface area contributed by atoms with Crippen molar-refractivity contribution in [2.75, 3.05) is 13.7 Å². The van der Waals surface area contributed by atoms with Crippen LogP contribution in [0.3, 0.4) is 0 Å². The van der Waals surface area contributed by atoms with Gasteiger partial charge in [0.25, 0.3) is 0 Å². The van der Waals surface area contributed by atoms with E-state index in [1.807, 2.05) is 0 Å². The molecule has 0 atom stereocenters. The number of benzene rings is 1. The van der Waals surface area contributed by atoms with Crippen LogP contribution in [0, 0.1) is 6.92 Å². The van der Waals surface area contributed by atoms with Gasteiger partial charge in [0.15, 0.2) is 0 Å². The van der Waals surface area contributed by atoms with Crippen LogP contribution >= 0.6 is 0 Å². The van der Waals surface area contributed by atoms with E-state index in [9.17, 15) is 18.0 Å². The molecule has 7 nitrogen and oxygen atoms in total. The van der Waals surface area contributed by atoms with Gasteiger partial charge in [0.2, 0.25) is 10.0 Å². The Balaban J connectivity index is 3.30. The number of nitrogens with zero attached hydrogens (tertiary/aromatic N) is 1. The maximum Gasteiger partial charge on any atom is 0.338 e. The Labute approximate surface area is 129 Å². The second kappa shape index (κ2) is 6.89. The van der Waals surface area contributed by atoms with Gasteiger partial charge in [-0.2, -0.15) is 4.31 Å². The number of carbonyl (C=O) groups excluding carboxylic acids is 1. The quantitative estimate of drug-likeness (QED) is 0.789. The largest absolute Gasteiger partial charge is 0.480 e. The fourth-order valence-electron chi connectivity index (χ4n) is 1.95. The molecular weight excluding hydrogens is 310 g/mol. The van der Waals surface area contributed by atoms with Crippen molar-refractivity contribution in [3.63, 3.8) is 0 Å². The van der Waals surface area contributed by atoms with Crippen molar-refractivity contribution >= 4 is 22.0 Å². The number of esters is 1. The van der Waals surface area contributed by atoms with Gasteiger partial charge in [0, 0.05) is 6.04 Å². The maximum absolute atomic E-state index is 12.6. The fraction of sp³-hybridized carbons (Fsp3) is 0.429. The van der Waals surface area contributed by atoms with Crippen molar-refractivity contribution in [3.05, 3.63) is 29.3 Å². The molecule has 0 spiro atoms. The van der Waals surface area contributed by atoms with Gasteiger partial charge in [-0.15, -0.1) is 0 Å². The Morgan fingerprint density at radius 1 is 1.32 bits per heavy atom. The van der Waals surface area contributed by atoms with Crippen LogP contribution in [0.5, 0.6) is 0 Å². The molecule has 1 aromatic rings. The third-order valence-electron chi connectivity index (χ3n) is 3.08. The van der Waals surface area contributed by atoms with Gasteiger partial charge in [-0.05, 0) is 44.5 Å². The number of rotatable bonds is 6. The zero-order valence-corrected chi connectivity index (χ0v) is 13.7. The number of sulfonamides is 1. The predicted octanol–water partition coefficient (Wildman–Crippen LogP) is 1.27. The molecule has 0 bridgehead atoms. The first kappa shape index (κ1) is 18.1. The fourth-order valence-corrected chi connectivity index (χ4v) is 3.62. The van der Waals surface area contributed by atoms with Gasteiger partial charge in [-0.3, -0.25) is 4.79 Å². The second-order valence-corrected chi connectivity index (χ2v) is 6.90. The molecule has 22 heavy (non-hydrogen) atoms. The summed E-state index contributed by atoms with van der Waals surface area (Å²) >= 11 is 0. The highest BCUT2D eigenvalue weighted by molar-refractivity contribution is 7.89. The zero-order chi connectivity index (χ0) is 17.1. The number of hydrogen-bond donors (Lipinski definition) is 1. The summed E-state index contributed by atoms with van der Waals surface area (Å²) in [5.74, 6) is -1.80. The smallest absolute Gasteiger partial charge is 0.338 e. The number of aryl methyl sites for hydroxylation is 1. The van der Waals surface area contributed by atoms with E-state index < -0.39 is 34.5 Å². The molecule has 0 heterocycles. The average molecular weight is 329 g/mol. The average Bonchev–Trinajstić information content (AvgIpc) is 2.43. The monoisotopic (exact) mass is 329 g/mol. The molecule has 0 unspecified atom stereocenters. The lowest BCUT2D eigenvalue weighted by Crippen LogP contribution is -2.40. The van der Waals surface area contributed by atoms with Crippen LogP contribution in [0.1, 0.15) is 29.8 Å². The van der Waals surface area contributed by atoms with E-state index in [2.05, 4.69) is 4.74 Å². The summed E-state index contributed by atoms with van der Waals surface area (Å²) in [5, 5.41) is 8.88. The molecule has 8 heteroatoms. The summed E-state index contributed by atoms with van der Waals surface area (Å²) in [5.41, 5.74) is 0.697. The van der Waals surface area contributed by atoms with Crippen molar-refractivity contribution in [1.82, 2.24) is 4.31 Å². The van der Waals surface area contributed by atoms with Crippen LogP contribution in [0.15, 0.2) is 23.1 Å². The van der Waals surface area contributed by atoms with Crippen molar-refractivity contribution in [1.29, 1.82) is 0 Å². The van der Waals surface area contributed by atoms with Crippen LogP contribution in [-0.2, 0) is 19.6 Å². The molecule has 1 N–H and O–H groups in total. The third kappa shape index (κ3) is 3.83. The molecule has 0 fully saturated rings. The van der Waals surface area contributed by atoms with E-state index >= 15 is 0 Å². The number of carboxylic acid groups (broad SMARTS) is 1. The van der Waals surface area contributed by atoms with Crippen molar-refractivity contribution < 1.29 is 27.9 Å². The maximum atomic E-state index is 12.6. The lowest BCUT2D eigenvalue weighted by molar-refractivity contribution is -0.137. The Bertz CT molecular complexity index is 681. The van der Waals surface area contributed by atoms with Crippen LogP contribution in [0.4, 0.5) is 0 Å². The van der Waals surface area contributed by atoms with E-state index in [-0.39, 0.29) is 10.5 Å². The van der Waals surface area contributed by atoms with Crippen molar-refractivity contribution in [2.24, 2.45) is 0 Å². The second-order valence-electron chi connectivity index (χ2n) is 5.01. The number of ether oxygens (including phenoxy) is 1. The van der Waals surface area contributed by atoms with E-state index in [1.54, 1.807) is 20.8 Å². The van der Waals surface area contributed by atoms with Crippen molar-refractivity contribution in [2.45, 2.75) is 31.7 Å². The number of hydrogen-bond acceptors (Lipinski definition) is 5. The molecule has 0 aromatic heterocycles. The number of carboxylic acids is 1. The Morgan fingerprint density at radius 2 is 1.91 bits per heavy atom. The number of methoxy groups -OCH3 is 1. The molecule has 0 aliphatic heterocycles. The van der Waals surface area contributed by atoms with Crippen LogP contribution < -0.4 is 0 Å². The number of carbonyl (C=O) groups is 2. The minimum absolute atomic E-state index is 0.0624. The molecule has 122 valence electrons. The highest BCUT2D eigenvalue weighted by Crippen LogP contribution is 2.21. The summed E-state index contributed by atoms with van der Waals surface area (Å²) < 4.78 is 30.6. The SMILES string of the molecule is COC(=O)c1ccc(S(=O)(=O)N(CC(=O)O)C(C)C)cc1C. The van der Waals surface area contributed by atoms with Gasteiger partial charge >= 0.3 is 11.9 Å². The summed E-state index contributed by atoms with van der Waals surface area (Å²) in [4.78, 5) is 22.3. The van der Waals surface area contributed by atoms with Gasteiger partial charge in [0.05, 0.1) is 17.6 Å². The Hall–Kier alpha value is -1.93. The van der Waals surface area contributed by atoms with Gasteiger partial charge in [-0.25, -0.2) is 13.2 Å². The zero-order valence-electron chi connectivity index (χ0n) is 12.9. The molecule has 0 saturated carbocycles. The van der Waals surface area contributed by atoms with E-state index in [0.717, 1.165) is 4.31 Å². The normalized spacial score (nSPS) is 11.7. The third-order valence-corrected chi connectivity index (χ3v) is 5.09. The van der Waals surface area contributed by atoms with Crippen LogP contribution in [-0.4, -0.2) is 49.5 Å². The summed E-state index contributed by atoms with van der Waals surface area (Å²) in [6.45, 7) is 4.15. The molecule has 1 aromatic carbocycles. The molecule has 0 amide bonds. The topological polar surface area (TPSA) is 101 Å². The lowest BCUT2D eigenvalue weighted by Gasteiger charge is -2.24. The molecule has 1 rings (SSSR count). The summed E-state index contributed by atoms with van der Waals surface area (Å²) in [6, 6.07) is 3.44. The van der Waals surface area contributed by atoms with Crippen LogP contribution in [0.25, 0.3) is 0 Å². The summed E-state index contributed by atoms with van der Waals surface area (Å²) in [7, 11) is -2.73. The molecule has 0 radical (unpaired) electrons.